The minimum Gasteiger partial charge on any atom is -0.325 e. The number of rotatable bonds is 5. The number of nitrogens with zero attached hydrogens (tertiary/aromatic N) is 5. The standard InChI is InChI=1S/C18H17FN6O3S/c19-13-3-9-16(10-4-13)29(27,28)25-11-1-2-17(25)18(26)21-14-5-7-15(8-6-14)24-12-20-22-23-24/h3-10,12,17H,1-2,11H2,(H,21,26). The van der Waals surface area contributed by atoms with Gasteiger partial charge in [0, 0.05) is 12.2 Å². The summed E-state index contributed by atoms with van der Waals surface area (Å²) in [5.74, 6) is -0.937. The number of anilines is 1. The van der Waals surface area contributed by atoms with Crippen molar-refractivity contribution in [2.75, 3.05) is 11.9 Å². The molecule has 2 heterocycles. The molecule has 1 saturated heterocycles. The molecule has 1 aromatic heterocycles. The number of tetrazole rings is 1. The molecule has 1 aliphatic rings. The second-order valence-corrected chi connectivity index (χ2v) is 8.41. The molecule has 1 atom stereocenters. The molecule has 2 aromatic carbocycles. The zero-order valence-corrected chi connectivity index (χ0v) is 16.0. The lowest BCUT2D eigenvalue weighted by Gasteiger charge is -2.23. The molecule has 0 aliphatic carbocycles. The van der Waals surface area contributed by atoms with Crippen molar-refractivity contribution in [3.05, 3.63) is 60.7 Å². The molecule has 9 nitrogen and oxygen atoms in total. The van der Waals surface area contributed by atoms with E-state index in [-0.39, 0.29) is 11.4 Å². The fraction of sp³-hybridized carbons (Fsp3) is 0.222. The Kier molecular flexibility index (Phi) is 5.07. The van der Waals surface area contributed by atoms with E-state index in [0.717, 1.165) is 17.8 Å². The SMILES string of the molecule is O=C(Nc1ccc(-n2cnnn2)cc1)C1CCCN1S(=O)(=O)c1ccc(F)cc1. The molecule has 0 bridgehead atoms. The predicted octanol–water partition coefficient (Wildman–Crippen LogP) is 1.59. The van der Waals surface area contributed by atoms with Crippen molar-refractivity contribution in [2.24, 2.45) is 0 Å². The Morgan fingerprint density at radius 2 is 1.83 bits per heavy atom. The van der Waals surface area contributed by atoms with Crippen molar-refractivity contribution in [2.45, 2.75) is 23.8 Å². The molecule has 1 unspecified atom stereocenters. The first-order valence-corrected chi connectivity index (χ1v) is 10.3. The maximum atomic E-state index is 13.1. The highest BCUT2D eigenvalue weighted by molar-refractivity contribution is 7.89. The van der Waals surface area contributed by atoms with Gasteiger partial charge in [0.1, 0.15) is 18.2 Å². The highest BCUT2D eigenvalue weighted by atomic mass is 32.2. The van der Waals surface area contributed by atoms with Crippen molar-refractivity contribution in [1.82, 2.24) is 24.5 Å². The van der Waals surface area contributed by atoms with Gasteiger partial charge in [-0.05, 0) is 71.8 Å². The van der Waals surface area contributed by atoms with Crippen LogP contribution in [0.2, 0.25) is 0 Å². The number of carbonyl (C=O) groups excluding carboxylic acids is 1. The topological polar surface area (TPSA) is 110 Å². The minimum absolute atomic E-state index is 0.0376. The maximum Gasteiger partial charge on any atom is 0.243 e. The van der Waals surface area contributed by atoms with Gasteiger partial charge in [0.2, 0.25) is 15.9 Å². The summed E-state index contributed by atoms with van der Waals surface area (Å²) in [5, 5.41) is 13.7. The fourth-order valence-corrected chi connectivity index (χ4v) is 4.89. The van der Waals surface area contributed by atoms with E-state index in [1.165, 1.54) is 27.4 Å². The average Bonchev–Trinajstić information content (AvgIpc) is 3.41. The molecule has 150 valence electrons. The van der Waals surface area contributed by atoms with Gasteiger partial charge in [0.05, 0.1) is 10.6 Å². The molecule has 1 N–H and O–H groups in total. The van der Waals surface area contributed by atoms with Gasteiger partial charge in [-0.1, -0.05) is 0 Å². The van der Waals surface area contributed by atoms with Crippen LogP contribution in [0.4, 0.5) is 10.1 Å². The molecule has 1 fully saturated rings. The van der Waals surface area contributed by atoms with Crippen molar-refractivity contribution >= 4 is 21.6 Å². The summed E-state index contributed by atoms with van der Waals surface area (Å²) in [6.45, 7) is 0.232. The number of amides is 1. The van der Waals surface area contributed by atoms with Gasteiger partial charge in [0.15, 0.2) is 0 Å². The summed E-state index contributed by atoms with van der Waals surface area (Å²) < 4.78 is 41.6. The smallest absolute Gasteiger partial charge is 0.243 e. The first-order chi connectivity index (χ1) is 13.9. The Labute approximate surface area is 166 Å². The van der Waals surface area contributed by atoms with Gasteiger partial charge in [0.25, 0.3) is 0 Å². The van der Waals surface area contributed by atoms with Crippen LogP contribution in [0.5, 0.6) is 0 Å². The number of hydrogen-bond donors (Lipinski definition) is 1. The van der Waals surface area contributed by atoms with Gasteiger partial charge in [-0.2, -0.15) is 4.31 Å². The molecule has 0 radical (unpaired) electrons. The fourth-order valence-electron chi connectivity index (χ4n) is 3.23. The summed E-state index contributed by atoms with van der Waals surface area (Å²) in [5.41, 5.74) is 1.24. The molecular formula is C18H17FN6O3S. The second-order valence-electron chi connectivity index (χ2n) is 6.52. The highest BCUT2D eigenvalue weighted by Gasteiger charge is 2.39. The number of sulfonamides is 1. The number of halogens is 1. The number of nitrogens with one attached hydrogen (secondary N) is 1. The van der Waals surface area contributed by atoms with Crippen LogP contribution >= 0.6 is 0 Å². The molecule has 29 heavy (non-hydrogen) atoms. The Balaban J connectivity index is 1.50. The maximum absolute atomic E-state index is 13.1. The summed E-state index contributed by atoms with van der Waals surface area (Å²) in [6.07, 6.45) is 2.43. The van der Waals surface area contributed by atoms with E-state index in [9.17, 15) is 17.6 Å². The summed E-state index contributed by atoms with van der Waals surface area (Å²) in [4.78, 5) is 12.7. The summed E-state index contributed by atoms with van der Waals surface area (Å²) >= 11 is 0. The van der Waals surface area contributed by atoms with Crippen LogP contribution in [-0.2, 0) is 14.8 Å². The van der Waals surface area contributed by atoms with Crippen molar-refractivity contribution in [1.29, 1.82) is 0 Å². The molecule has 1 amide bonds. The molecule has 1 aliphatic heterocycles. The van der Waals surface area contributed by atoms with Crippen molar-refractivity contribution in [3.8, 4) is 5.69 Å². The summed E-state index contributed by atoms with van der Waals surface area (Å²) in [6, 6.07) is 10.6. The first-order valence-electron chi connectivity index (χ1n) is 8.87. The number of hydrogen-bond acceptors (Lipinski definition) is 6. The van der Waals surface area contributed by atoms with E-state index in [1.807, 2.05) is 0 Å². The van der Waals surface area contributed by atoms with E-state index in [0.29, 0.717) is 18.5 Å². The lowest BCUT2D eigenvalue weighted by Crippen LogP contribution is -2.43. The van der Waals surface area contributed by atoms with Crippen LogP contribution in [0.1, 0.15) is 12.8 Å². The quantitative estimate of drug-likeness (QED) is 0.676. The Hall–Kier alpha value is -3.18. The van der Waals surface area contributed by atoms with Gasteiger partial charge >= 0.3 is 0 Å². The molecule has 4 rings (SSSR count). The monoisotopic (exact) mass is 416 g/mol. The normalized spacial score (nSPS) is 17.3. The van der Waals surface area contributed by atoms with Crippen LogP contribution in [0.3, 0.4) is 0 Å². The van der Waals surface area contributed by atoms with Crippen molar-refractivity contribution < 1.29 is 17.6 Å². The van der Waals surface area contributed by atoms with Crippen LogP contribution in [0, 0.1) is 5.82 Å². The highest BCUT2D eigenvalue weighted by Crippen LogP contribution is 2.27. The van der Waals surface area contributed by atoms with Crippen LogP contribution in [0.15, 0.2) is 59.8 Å². The van der Waals surface area contributed by atoms with Crippen LogP contribution in [-0.4, -0.2) is 51.4 Å². The van der Waals surface area contributed by atoms with E-state index < -0.39 is 27.8 Å². The molecule has 11 heteroatoms. The third kappa shape index (κ3) is 3.87. The molecule has 0 spiro atoms. The lowest BCUT2D eigenvalue weighted by molar-refractivity contribution is -0.119. The molecular weight excluding hydrogens is 399 g/mol. The van der Waals surface area contributed by atoms with E-state index in [2.05, 4.69) is 20.8 Å². The largest absolute Gasteiger partial charge is 0.325 e. The zero-order chi connectivity index (χ0) is 20.4. The predicted molar refractivity (Wildman–Crippen MR) is 101 cm³/mol. The van der Waals surface area contributed by atoms with Gasteiger partial charge in [-0.25, -0.2) is 17.5 Å². The second kappa shape index (κ2) is 7.68. The van der Waals surface area contributed by atoms with Gasteiger partial charge in [-0.15, -0.1) is 5.10 Å². The molecule has 0 saturated carbocycles. The average molecular weight is 416 g/mol. The van der Waals surface area contributed by atoms with E-state index >= 15 is 0 Å². The van der Waals surface area contributed by atoms with Crippen LogP contribution < -0.4 is 5.32 Å². The van der Waals surface area contributed by atoms with Gasteiger partial charge in [-0.3, -0.25) is 4.79 Å². The lowest BCUT2D eigenvalue weighted by atomic mass is 10.2. The van der Waals surface area contributed by atoms with E-state index in [1.54, 1.807) is 24.3 Å². The Morgan fingerprint density at radius 1 is 1.10 bits per heavy atom. The number of aromatic nitrogens is 4. The first kappa shape index (κ1) is 19.2. The third-order valence-electron chi connectivity index (χ3n) is 4.67. The summed E-state index contributed by atoms with van der Waals surface area (Å²) in [7, 11) is -3.90. The minimum atomic E-state index is -3.90. The zero-order valence-electron chi connectivity index (χ0n) is 15.1. The number of carbonyl (C=O) groups is 1. The van der Waals surface area contributed by atoms with E-state index in [4.69, 9.17) is 0 Å². The molecule has 3 aromatic rings. The van der Waals surface area contributed by atoms with Crippen LogP contribution in [0.25, 0.3) is 5.69 Å². The van der Waals surface area contributed by atoms with Gasteiger partial charge < -0.3 is 5.32 Å². The Bertz CT molecular complexity index is 1100. The number of benzene rings is 2. The van der Waals surface area contributed by atoms with Crippen molar-refractivity contribution in [3.63, 3.8) is 0 Å². The Morgan fingerprint density at radius 3 is 2.48 bits per heavy atom. The third-order valence-corrected chi connectivity index (χ3v) is 6.60.